The van der Waals surface area contributed by atoms with Gasteiger partial charge < -0.3 is 19.4 Å². The lowest BCUT2D eigenvalue weighted by molar-refractivity contribution is 0.131. The predicted octanol–water partition coefficient (Wildman–Crippen LogP) is 1.23. The lowest BCUT2D eigenvalue weighted by Gasteiger charge is -2.33. The summed E-state index contributed by atoms with van der Waals surface area (Å²) >= 11 is 0. The maximum absolute atomic E-state index is 5.14. The van der Waals surface area contributed by atoms with Crippen LogP contribution in [0.15, 0.2) is 0 Å². The van der Waals surface area contributed by atoms with E-state index in [4.69, 9.17) is 4.74 Å². The zero-order valence-corrected chi connectivity index (χ0v) is 13.4. The van der Waals surface area contributed by atoms with Gasteiger partial charge in [-0.2, -0.15) is 0 Å². The molecular formula is C15H33N3O. The van der Waals surface area contributed by atoms with Crippen molar-refractivity contribution in [2.24, 2.45) is 5.92 Å². The highest BCUT2D eigenvalue weighted by Gasteiger charge is 2.25. The van der Waals surface area contributed by atoms with E-state index in [0.717, 1.165) is 19.1 Å². The molecule has 114 valence electrons. The van der Waals surface area contributed by atoms with Gasteiger partial charge in [-0.1, -0.05) is 13.8 Å². The minimum atomic E-state index is 0.876. The topological polar surface area (TPSA) is 19.0 Å². The van der Waals surface area contributed by atoms with Gasteiger partial charge in [-0.15, -0.1) is 0 Å². The molecule has 2 fully saturated rings. The summed E-state index contributed by atoms with van der Waals surface area (Å²) in [6, 6.07) is 0. The number of likely N-dealkylation sites (N-methyl/N-ethyl adjacent to an activating group) is 1. The first-order valence-corrected chi connectivity index (χ1v) is 7.90. The van der Waals surface area contributed by atoms with Crippen molar-refractivity contribution >= 4 is 0 Å². The third kappa shape index (κ3) is 6.21. The van der Waals surface area contributed by atoms with E-state index in [1.807, 2.05) is 13.8 Å². The highest BCUT2D eigenvalue weighted by molar-refractivity contribution is 4.80. The van der Waals surface area contributed by atoms with Gasteiger partial charge in [-0.3, -0.25) is 0 Å². The smallest absolute Gasteiger partial charge is 0.0589 e. The lowest BCUT2D eigenvalue weighted by atomic mass is 10.1. The number of likely N-dealkylation sites (tertiary alicyclic amines) is 1. The molecule has 0 aromatic carbocycles. The zero-order valence-electron chi connectivity index (χ0n) is 13.4. The number of hydrogen-bond acceptors (Lipinski definition) is 4. The Morgan fingerprint density at radius 2 is 1.68 bits per heavy atom. The number of piperazine rings is 1. The van der Waals surface area contributed by atoms with E-state index in [0.29, 0.717) is 0 Å². The monoisotopic (exact) mass is 271 g/mol. The van der Waals surface area contributed by atoms with Crippen LogP contribution in [-0.4, -0.2) is 87.8 Å². The third-order valence-corrected chi connectivity index (χ3v) is 4.09. The molecule has 0 aromatic heterocycles. The largest absolute Gasteiger partial charge is 0.383 e. The van der Waals surface area contributed by atoms with E-state index in [1.54, 1.807) is 7.11 Å². The van der Waals surface area contributed by atoms with Crippen LogP contribution < -0.4 is 0 Å². The van der Waals surface area contributed by atoms with Crippen LogP contribution in [-0.2, 0) is 4.74 Å². The normalized spacial score (nSPS) is 26.2. The number of rotatable bonds is 5. The van der Waals surface area contributed by atoms with E-state index >= 15 is 0 Å². The standard InChI is InChI=1S/C13H27N3O.C2H6/c1-14-5-7-16(8-6-14)12-13-3-4-15(11-13)9-10-17-2;1-2/h13H,3-12H2,1-2H3;1-2H3. The number of nitrogens with zero attached hydrogens (tertiary/aromatic N) is 3. The van der Waals surface area contributed by atoms with Crippen LogP contribution in [0.3, 0.4) is 0 Å². The molecule has 0 amide bonds. The first-order chi connectivity index (χ1) is 9.28. The van der Waals surface area contributed by atoms with E-state index in [9.17, 15) is 0 Å². The van der Waals surface area contributed by atoms with Crippen molar-refractivity contribution in [3.8, 4) is 0 Å². The Kier molecular flexibility index (Phi) is 8.62. The van der Waals surface area contributed by atoms with E-state index in [-0.39, 0.29) is 0 Å². The second-order valence-electron chi connectivity index (χ2n) is 5.55. The summed E-state index contributed by atoms with van der Waals surface area (Å²) < 4.78 is 5.14. The molecule has 2 aliphatic heterocycles. The summed E-state index contributed by atoms with van der Waals surface area (Å²) in [6.07, 6.45) is 1.37. The first-order valence-electron chi connectivity index (χ1n) is 7.90. The zero-order chi connectivity index (χ0) is 14.1. The molecule has 0 spiro atoms. The van der Waals surface area contributed by atoms with Gasteiger partial charge in [0.1, 0.15) is 0 Å². The van der Waals surface area contributed by atoms with Crippen LogP contribution in [0.1, 0.15) is 20.3 Å². The summed E-state index contributed by atoms with van der Waals surface area (Å²) in [7, 11) is 4.01. The van der Waals surface area contributed by atoms with Crippen LogP contribution in [0.25, 0.3) is 0 Å². The van der Waals surface area contributed by atoms with Crippen molar-refractivity contribution < 1.29 is 4.74 Å². The van der Waals surface area contributed by atoms with Gasteiger partial charge >= 0.3 is 0 Å². The average molecular weight is 271 g/mol. The van der Waals surface area contributed by atoms with Gasteiger partial charge in [0.2, 0.25) is 0 Å². The summed E-state index contributed by atoms with van der Waals surface area (Å²) in [5.41, 5.74) is 0. The second-order valence-corrected chi connectivity index (χ2v) is 5.55. The summed E-state index contributed by atoms with van der Waals surface area (Å²) in [6.45, 7) is 14.8. The summed E-state index contributed by atoms with van der Waals surface area (Å²) in [4.78, 5) is 7.62. The molecule has 4 heteroatoms. The van der Waals surface area contributed by atoms with Gasteiger partial charge in [0.15, 0.2) is 0 Å². The molecule has 0 radical (unpaired) electrons. The molecule has 2 aliphatic rings. The molecule has 0 saturated carbocycles. The maximum Gasteiger partial charge on any atom is 0.0589 e. The quantitative estimate of drug-likeness (QED) is 0.748. The van der Waals surface area contributed by atoms with Crippen LogP contribution in [0.2, 0.25) is 0 Å². The molecule has 4 nitrogen and oxygen atoms in total. The minimum absolute atomic E-state index is 0.876. The van der Waals surface area contributed by atoms with Crippen molar-refractivity contribution in [1.82, 2.24) is 14.7 Å². The lowest BCUT2D eigenvalue weighted by Crippen LogP contribution is -2.46. The molecule has 19 heavy (non-hydrogen) atoms. The molecule has 0 N–H and O–H groups in total. The van der Waals surface area contributed by atoms with Crippen molar-refractivity contribution in [3.63, 3.8) is 0 Å². The van der Waals surface area contributed by atoms with E-state index < -0.39 is 0 Å². The fraction of sp³-hybridized carbons (Fsp3) is 1.00. The summed E-state index contributed by atoms with van der Waals surface area (Å²) in [5.74, 6) is 0.885. The van der Waals surface area contributed by atoms with Gasteiger partial charge in [0.25, 0.3) is 0 Å². The second kappa shape index (κ2) is 9.70. The Morgan fingerprint density at radius 3 is 2.32 bits per heavy atom. The molecule has 2 heterocycles. The van der Waals surface area contributed by atoms with Crippen LogP contribution in [0, 0.1) is 5.92 Å². The fourth-order valence-electron chi connectivity index (χ4n) is 2.88. The molecule has 1 atom stereocenters. The van der Waals surface area contributed by atoms with Gasteiger partial charge in [0.05, 0.1) is 6.61 Å². The molecule has 2 rings (SSSR count). The molecule has 2 saturated heterocycles. The van der Waals surface area contributed by atoms with Crippen LogP contribution in [0.4, 0.5) is 0 Å². The average Bonchev–Trinajstić information content (AvgIpc) is 2.89. The highest BCUT2D eigenvalue weighted by Crippen LogP contribution is 2.17. The van der Waals surface area contributed by atoms with Crippen molar-refractivity contribution in [1.29, 1.82) is 0 Å². The van der Waals surface area contributed by atoms with Gasteiger partial charge in [-0.25, -0.2) is 0 Å². The third-order valence-electron chi connectivity index (χ3n) is 4.09. The van der Waals surface area contributed by atoms with E-state index in [1.165, 1.54) is 52.2 Å². The fourth-order valence-corrected chi connectivity index (χ4v) is 2.88. The molecule has 0 aliphatic carbocycles. The van der Waals surface area contributed by atoms with Crippen molar-refractivity contribution in [2.45, 2.75) is 20.3 Å². The van der Waals surface area contributed by atoms with E-state index in [2.05, 4.69) is 21.7 Å². The Balaban J connectivity index is 0.000000861. The molecule has 1 unspecified atom stereocenters. The molecular weight excluding hydrogens is 238 g/mol. The molecule has 0 aromatic rings. The highest BCUT2D eigenvalue weighted by atomic mass is 16.5. The summed E-state index contributed by atoms with van der Waals surface area (Å²) in [5, 5.41) is 0. The maximum atomic E-state index is 5.14. The predicted molar refractivity (Wildman–Crippen MR) is 81.7 cm³/mol. The van der Waals surface area contributed by atoms with Crippen LogP contribution >= 0.6 is 0 Å². The Morgan fingerprint density at radius 1 is 1.00 bits per heavy atom. The van der Waals surface area contributed by atoms with Crippen molar-refractivity contribution in [2.75, 3.05) is 73.1 Å². The Hall–Kier alpha value is -0.160. The minimum Gasteiger partial charge on any atom is -0.383 e. The van der Waals surface area contributed by atoms with Crippen LogP contribution in [0.5, 0.6) is 0 Å². The number of methoxy groups -OCH3 is 1. The van der Waals surface area contributed by atoms with Gasteiger partial charge in [-0.05, 0) is 25.9 Å². The number of ether oxygens (including phenoxy) is 1. The first kappa shape index (κ1) is 16.9. The van der Waals surface area contributed by atoms with Crippen molar-refractivity contribution in [3.05, 3.63) is 0 Å². The number of hydrogen-bond donors (Lipinski definition) is 0. The SMILES string of the molecule is CC.COCCN1CCC(CN2CCN(C)CC2)C1. The van der Waals surface area contributed by atoms with Gasteiger partial charge in [0, 0.05) is 52.9 Å². The Bertz CT molecular complexity index is 217. The molecule has 0 bridgehead atoms. The Labute approximate surface area is 119 Å².